The number of carbonyl (C=O) groups is 1. The van der Waals surface area contributed by atoms with Crippen molar-refractivity contribution in [3.8, 4) is 0 Å². The van der Waals surface area contributed by atoms with Crippen LogP contribution in [0.5, 0.6) is 0 Å². The Hall–Kier alpha value is -1.13. The molecular formula is C13H12BrNOS. The SMILES string of the molecule is CC(NC(=O)c1ccc(Br)cc1)c1cccs1. The molecule has 1 aromatic carbocycles. The van der Waals surface area contributed by atoms with Gasteiger partial charge < -0.3 is 5.32 Å². The van der Waals surface area contributed by atoms with Crippen LogP contribution < -0.4 is 5.32 Å². The van der Waals surface area contributed by atoms with Crippen LogP contribution in [0, 0.1) is 0 Å². The molecule has 1 N–H and O–H groups in total. The molecular weight excluding hydrogens is 298 g/mol. The van der Waals surface area contributed by atoms with E-state index in [1.165, 1.54) is 0 Å². The number of benzene rings is 1. The van der Waals surface area contributed by atoms with E-state index in [0.29, 0.717) is 5.56 Å². The quantitative estimate of drug-likeness (QED) is 0.912. The largest absolute Gasteiger partial charge is 0.345 e. The standard InChI is InChI=1S/C13H12BrNOS/c1-9(12-3-2-8-17-12)15-13(16)10-4-6-11(14)7-5-10/h2-9H,1H3,(H,15,16). The molecule has 0 saturated heterocycles. The number of carbonyl (C=O) groups excluding carboxylic acids is 1. The van der Waals surface area contributed by atoms with Crippen LogP contribution in [0.2, 0.25) is 0 Å². The number of hydrogen-bond acceptors (Lipinski definition) is 2. The van der Waals surface area contributed by atoms with Gasteiger partial charge in [-0.3, -0.25) is 4.79 Å². The van der Waals surface area contributed by atoms with Crippen LogP contribution in [0.25, 0.3) is 0 Å². The second-order valence-corrected chi connectivity index (χ2v) is 5.61. The van der Waals surface area contributed by atoms with E-state index in [2.05, 4.69) is 21.2 Å². The molecule has 2 aromatic rings. The average Bonchev–Trinajstić information content (AvgIpc) is 2.83. The molecule has 4 heteroatoms. The molecule has 1 amide bonds. The Labute approximate surface area is 113 Å². The summed E-state index contributed by atoms with van der Waals surface area (Å²) in [7, 11) is 0. The second-order valence-electron chi connectivity index (χ2n) is 3.72. The molecule has 1 atom stereocenters. The van der Waals surface area contributed by atoms with Gasteiger partial charge in [-0.1, -0.05) is 22.0 Å². The summed E-state index contributed by atoms with van der Waals surface area (Å²) < 4.78 is 0.973. The Balaban J connectivity index is 2.04. The Bertz CT molecular complexity index is 493. The first-order valence-corrected chi connectivity index (χ1v) is 6.94. The molecule has 2 rings (SSSR count). The highest BCUT2D eigenvalue weighted by Gasteiger charge is 2.11. The fraction of sp³-hybridized carbons (Fsp3) is 0.154. The van der Waals surface area contributed by atoms with Gasteiger partial charge in [-0.15, -0.1) is 11.3 Å². The van der Waals surface area contributed by atoms with Gasteiger partial charge in [0.15, 0.2) is 0 Å². The van der Waals surface area contributed by atoms with Crippen molar-refractivity contribution >= 4 is 33.2 Å². The molecule has 1 aromatic heterocycles. The van der Waals surface area contributed by atoms with E-state index >= 15 is 0 Å². The van der Waals surface area contributed by atoms with E-state index in [4.69, 9.17) is 0 Å². The van der Waals surface area contributed by atoms with Gasteiger partial charge >= 0.3 is 0 Å². The fourth-order valence-electron chi connectivity index (χ4n) is 1.49. The van der Waals surface area contributed by atoms with Crippen LogP contribution >= 0.6 is 27.3 Å². The van der Waals surface area contributed by atoms with Crippen molar-refractivity contribution < 1.29 is 4.79 Å². The van der Waals surface area contributed by atoms with Crippen LogP contribution in [0.3, 0.4) is 0 Å². The third-order valence-electron chi connectivity index (χ3n) is 2.42. The minimum atomic E-state index is -0.0431. The van der Waals surface area contributed by atoms with Crippen LogP contribution in [-0.2, 0) is 0 Å². The highest BCUT2D eigenvalue weighted by atomic mass is 79.9. The third kappa shape index (κ3) is 3.17. The molecule has 0 aliphatic heterocycles. The highest BCUT2D eigenvalue weighted by Crippen LogP contribution is 2.19. The van der Waals surface area contributed by atoms with Crippen LogP contribution in [0.4, 0.5) is 0 Å². The zero-order valence-electron chi connectivity index (χ0n) is 9.31. The molecule has 0 aliphatic rings. The van der Waals surface area contributed by atoms with Gasteiger partial charge in [-0.25, -0.2) is 0 Å². The fourth-order valence-corrected chi connectivity index (χ4v) is 2.49. The molecule has 0 spiro atoms. The summed E-state index contributed by atoms with van der Waals surface area (Å²) in [6, 6.07) is 11.4. The van der Waals surface area contributed by atoms with Gasteiger partial charge in [0.05, 0.1) is 6.04 Å². The third-order valence-corrected chi connectivity index (χ3v) is 4.01. The van der Waals surface area contributed by atoms with Gasteiger partial charge in [-0.05, 0) is 42.6 Å². The number of hydrogen-bond donors (Lipinski definition) is 1. The van der Waals surface area contributed by atoms with Gasteiger partial charge in [0.25, 0.3) is 5.91 Å². The number of rotatable bonds is 3. The topological polar surface area (TPSA) is 29.1 Å². The summed E-state index contributed by atoms with van der Waals surface area (Å²) in [6.45, 7) is 1.99. The molecule has 0 saturated carbocycles. The van der Waals surface area contributed by atoms with E-state index in [-0.39, 0.29) is 11.9 Å². The smallest absolute Gasteiger partial charge is 0.251 e. The molecule has 1 unspecified atom stereocenters. The zero-order valence-corrected chi connectivity index (χ0v) is 11.7. The molecule has 0 fully saturated rings. The van der Waals surface area contributed by atoms with Crippen molar-refractivity contribution in [2.75, 3.05) is 0 Å². The molecule has 0 aliphatic carbocycles. The summed E-state index contributed by atoms with van der Waals surface area (Å²) in [4.78, 5) is 13.1. The average molecular weight is 310 g/mol. The first-order valence-electron chi connectivity index (χ1n) is 5.26. The van der Waals surface area contributed by atoms with E-state index in [1.807, 2.05) is 36.6 Å². The van der Waals surface area contributed by atoms with Crippen LogP contribution in [0.15, 0.2) is 46.3 Å². The Morgan fingerprint density at radius 1 is 1.29 bits per heavy atom. The van der Waals surface area contributed by atoms with Crippen molar-refractivity contribution in [2.45, 2.75) is 13.0 Å². The van der Waals surface area contributed by atoms with Crippen LogP contribution in [-0.4, -0.2) is 5.91 Å². The van der Waals surface area contributed by atoms with E-state index in [1.54, 1.807) is 23.5 Å². The van der Waals surface area contributed by atoms with E-state index in [0.717, 1.165) is 9.35 Å². The van der Waals surface area contributed by atoms with E-state index < -0.39 is 0 Å². The lowest BCUT2D eigenvalue weighted by Crippen LogP contribution is -2.25. The minimum absolute atomic E-state index is 0.0431. The lowest BCUT2D eigenvalue weighted by Gasteiger charge is -2.12. The number of nitrogens with one attached hydrogen (secondary N) is 1. The second kappa shape index (κ2) is 5.47. The summed E-state index contributed by atoms with van der Waals surface area (Å²) in [5, 5.41) is 4.99. The van der Waals surface area contributed by atoms with Gasteiger partial charge in [-0.2, -0.15) is 0 Å². The molecule has 0 radical (unpaired) electrons. The Morgan fingerprint density at radius 2 is 2.00 bits per heavy atom. The maximum Gasteiger partial charge on any atom is 0.251 e. The monoisotopic (exact) mass is 309 g/mol. The van der Waals surface area contributed by atoms with Crippen LogP contribution in [0.1, 0.15) is 28.2 Å². The van der Waals surface area contributed by atoms with Crippen molar-refractivity contribution in [1.82, 2.24) is 5.32 Å². The molecule has 17 heavy (non-hydrogen) atoms. The Kier molecular flexibility index (Phi) is 3.97. The first-order chi connectivity index (χ1) is 8.16. The summed E-state index contributed by atoms with van der Waals surface area (Å²) in [5.41, 5.74) is 0.677. The molecule has 2 nitrogen and oxygen atoms in total. The lowest BCUT2D eigenvalue weighted by molar-refractivity contribution is 0.0940. The number of thiophene rings is 1. The van der Waals surface area contributed by atoms with Crippen molar-refractivity contribution in [2.24, 2.45) is 0 Å². The predicted molar refractivity (Wildman–Crippen MR) is 74.3 cm³/mol. The lowest BCUT2D eigenvalue weighted by atomic mass is 10.2. The first kappa shape index (κ1) is 12.3. The molecule has 1 heterocycles. The highest BCUT2D eigenvalue weighted by molar-refractivity contribution is 9.10. The van der Waals surface area contributed by atoms with Crippen molar-refractivity contribution in [1.29, 1.82) is 0 Å². The summed E-state index contributed by atoms with van der Waals surface area (Å²) >= 11 is 5.00. The predicted octanol–water partition coefficient (Wildman–Crippen LogP) is 4.00. The summed E-state index contributed by atoms with van der Waals surface area (Å²) in [5.74, 6) is -0.0431. The Morgan fingerprint density at radius 3 is 2.59 bits per heavy atom. The van der Waals surface area contributed by atoms with E-state index in [9.17, 15) is 4.79 Å². The maximum atomic E-state index is 11.9. The summed E-state index contributed by atoms with van der Waals surface area (Å²) in [6.07, 6.45) is 0. The van der Waals surface area contributed by atoms with Gasteiger partial charge in [0, 0.05) is 14.9 Å². The molecule has 0 bridgehead atoms. The van der Waals surface area contributed by atoms with Gasteiger partial charge in [0.1, 0.15) is 0 Å². The zero-order chi connectivity index (χ0) is 12.3. The maximum absolute atomic E-state index is 11.9. The minimum Gasteiger partial charge on any atom is -0.345 e. The molecule has 88 valence electrons. The number of amides is 1. The number of halogens is 1. The van der Waals surface area contributed by atoms with Crippen molar-refractivity contribution in [3.05, 3.63) is 56.7 Å². The van der Waals surface area contributed by atoms with Crippen molar-refractivity contribution in [3.63, 3.8) is 0 Å². The van der Waals surface area contributed by atoms with Gasteiger partial charge in [0.2, 0.25) is 0 Å². The normalized spacial score (nSPS) is 12.1.